The van der Waals surface area contributed by atoms with Gasteiger partial charge in [0.25, 0.3) is 0 Å². The van der Waals surface area contributed by atoms with Crippen LogP contribution in [0.3, 0.4) is 0 Å². The number of likely N-dealkylation sites (tertiary alicyclic amines) is 1. The number of thioether (sulfide) groups is 1. The second-order valence-electron chi connectivity index (χ2n) is 5.11. The molecule has 17 heavy (non-hydrogen) atoms. The van der Waals surface area contributed by atoms with Crippen LogP contribution >= 0.6 is 27.7 Å². The number of alkyl halides is 1. The molecule has 0 bridgehead atoms. The van der Waals surface area contributed by atoms with Gasteiger partial charge in [0, 0.05) is 35.0 Å². The zero-order valence-electron chi connectivity index (χ0n) is 9.94. The first kappa shape index (κ1) is 12.1. The average Bonchev–Trinajstić information content (AvgIpc) is 2.97. The zero-order chi connectivity index (χ0) is 11.7. The molecule has 1 nitrogen and oxygen atoms in total. The molecule has 2 aliphatic heterocycles. The van der Waals surface area contributed by atoms with Crippen molar-refractivity contribution in [3.63, 3.8) is 0 Å². The van der Waals surface area contributed by atoms with Gasteiger partial charge in [0.2, 0.25) is 0 Å². The maximum atomic E-state index is 3.61. The summed E-state index contributed by atoms with van der Waals surface area (Å²) < 4.78 is 0. The fourth-order valence-corrected chi connectivity index (χ4v) is 4.67. The molecule has 1 aromatic carbocycles. The molecule has 0 spiro atoms. The Balaban J connectivity index is 1.64. The molecule has 0 saturated carbocycles. The van der Waals surface area contributed by atoms with E-state index in [9.17, 15) is 0 Å². The van der Waals surface area contributed by atoms with Crippen LogP contribution < -0.4 is 0 Å². The largest absolute Gasteiger partial charge is 0.302 e. The van der Waals surface area contributed by atoms with Crippen molar-refractivity contribution in [3.05, 3.63) is 29.8 Å². The molecule has 1 saturated heterocycles. The van der Waals surface area contributed by atoms with Crippen LogP contribution in [0.25, 0.3) is 0 Å². The van der Waals surface area contributed by atoms with E-state index < -0.39 is 0 Å². The zero-order valence-corrected chi connectivity index (χ0v) is 12.3. The van der Waals surface area contributed by atoms with Crippen LogP contribution in [0.15, 0.2) is 29.2 Å². The second kappa shape index (κ2) is 5.33. The monoisotopic (exact) mass is 311 g/mol. The number of hydrogen-bond donors (Lipinski definition) is 0. The van der Waals surface area contributed by atoms with Gasteiger partial charge in [-0.05, 0) is 30.5 Å². The maximum absolute atomic E-state index is 3.61. The van der Waals surface area contributed by atoms with E-state index in [2.05, 4.69) is 45.1 Å². The molecule has 1 aromatic rings. The summed E-state index contributed by atoms with van der Waals surface area (Å²) >= 11 is 5.64. The fourth-order valence-electron chi connectivity index (χ4n) is 2.90. The lowest BCUT2D eigenvalue weighted by molar-refractivity contribution is 0.313. The smallest absolute Gasteiger partial charge is 0.0108 e. The molecule has 2 heterocycles. The molecule has 2 atom stereocenters. The Bertz CT molecular complexity index is 396. The summed E-state index contributed by atoms with van der Waals surface area (Å²) in [6.07, 6.45) is 1.37. The van der Waals surface area contributed by atoms with E-state index in [0.29, 0.717) is 0 Å². The lowest BCUT2D eigenvalue weighted by Crippen LogP contribution is -2.26. The normalized spacial score (nSPS) is 28.5. The van der Waals surface area contributed by atoms with Gasteiger partial charge in [-0.3, -0.25) is 0 Å². The Hall–Kier alpha value is 0.0100. The lowest BCUT2D eigenvalue weighted by Gasteiger charge is -2.20. The highest BCUT2D eigenvalue weighted by Crippen LogP contribution is 2.40. The van der Waals surface area contributed by atoms with E-state index in [1.165, 1.54) is 42.0 Å². The molecule has 0 amide bonds. The summed E-state index contributed by atoms with van der Waals surface area (Å²) in [5.74, 6) is 2.90. The fraction of sp³-hybridized carbons (Fsp3) is 0.571. The minimum Gasteiger partial charge on any atom is -0.302 e. The summed E-state index contributed by atoms with van der Waals surface area (Å²) in [4.78, 5) is 4.16. The maximum Gasteiger partial charge on any atom is 0.0108 e. The van der Waals surface area contributed by atoms with E-state index >= 15 is 0 Å². The van der Waals surface area contributed by atoms with E-state index in [1.54, 1.807) is 5.56 Å². The SMILES string of the molecule is BrCC1CCN(CC2CSc3ccccc32)C1. The van der Waals surface area contributed by atoms with Crippen LogP contribution in [0, 0.1) is 5.92 Å². The van der Waals surface area contributed by atoms with Crippen molar-refractivity contribution < 1.29 is 0 Å². The van der Waals surface area contributed by atoms with E-state index in [-0.39, 0.29) is 0 Å². The van der Waals surface area contributed by atoms with Crippen LogP contribution in [0.4, 0.5) is 0 Å². The minimum absolute atomic E-state index is 0.755. The standard InChI is InChI=1S/C14H18BrNS/c15-7-11-5-6-16(8-11)9-12-10-17-14-4-2-1-3-13(12)14/h1-4,11-12H,5-10H2. The molecule has 0 aliphatic carbocycles. The number of fused-ring (bicyclic) bond motifs is 1. The van der Waals surface area contributed by atoms with Gasteiger partial charge in [0.1, 0.15) is 0 Å². The number of benzene rings is 1. The Morgan fingerprint density at radius 1 is 1.35 bits per heavy atom. The summed E-state index contributed by atoms with van der Waals surface area (Å²) in [6.45, 7) is 3.84. The van der Waals surface area contributed by atoms with Crippen molar-refractivity contribution >= 4 is 27.7 Å². The highest BCUT2D eigenvalue weighted by Gasteiger charge is 2.28. The summed E-state index contributed by atoms with van der Waals surface area (Å²) in [5.41, 5.74) is 1.58. The Kier molecular flexibility index (Phi) is 3.78. The van der Waals surface area contributed by atoms with Crippen LogP contribution in [0.5, 0.6) is 0 Å². The van der Waals surface area contributed by atoms with E-state index in [4.69, 9.17) is 0 Å². The first-order valence-electron chi connectivity index (χ1n) is 6.37. The molecular formula is C14H18BrNS. The topological polar surface area (TPSA) is 3.24 Å². The minimum atomic E-state index is 0.755. The highest BCUT2D eigenvalue weighted by atomic mass is 79.9. The van der Waals surface area contributed by atoms with Crippen LogP contribution in [-0.2, 0) is 0 Å². The Labute approximate surface area is 116 Å². The number of nitrogens with zero attached hydrogens (tertiary/aromatic N) is 1. The van der Waals surface area contributed by atoms with Gasteiger partial charge in [-0.15, -0.1) is 11.8 Å². The third-order valence-corrected chi connectivity index (χ3v) is 6.03. The van der Waals surface area contributed by atoms with Crippen molar-refractivity contribution in [1.82, 2.24) is 4.90 Å². The van der Waals surface area contributed by atoms with E-state index in [1.807, 2.05) is 11.8 Å². The van der Waals surface area contributed by atoms with Crippen LogP contribution in [-0.4, -0.2) is 35.6 Å². The molecule has 2 unspecified atom stereocenters. The number of halogens is 1. The van der Waals surface area contributed by atoms with Gasteiger partial charge >= 0.3 is 0 Å². The predicted octanol–water partition coefficient (Wildman–Crippen LogP) is 3.59. The number of rotatable bonds is 3. The quantitative estimate of drug-likeness (QED) is 0.785. The third-order valence-electron chi connectivity index (χ3n) is 3.87. The molecule has 0 aromatic heterocycles. The molecule has 92 valence electrons. The summed E-state index contributed by atoms with van der Waals surface area (Å²) in [7, 11) is 0. The van der Waals surface area contributed by atoms with Gasteiger partial charge in [-0.2, -0.15) is 0 Å². The van der Waals surface area contributed by atoms with E-state index in [0.717, 1.165) is 11.8 Å². The molecule has 0 N–H and O–H groups in total. The van der Waals surface area contributed by atoms with Crippen molar-refractivity contribution in [1.29, 1.82) is 0 Å². The first-order chi connectivity index (χ1) is 8.36. The molecule has 2 aliphatic rings. The predicted molar refractivity (Wildman–Crippen MR) is 78.2 cm³/mol. The molecule has 3 rings (SSSR count). The summed E-state index contributed by atoms with van der Waals surface area (Å²) in [6, 6.07) is 8.93. The molecular weight excluding hydrogens is 294 g/mol. The van der Waals surface area contributed by atoms with Gasteiger partial charge < -0.3 is 4.90 Å². The second-order valence-corrected chi connectivity index (χ2v) is 6.82. The Morgan fingerprint density at radius 3 is 3.06 bits per heavy atom. The third kappa shape index (κ3) is 2.56. The first-order valence-corrected chi connectivity index (χ1v) is 8.47. The van der Waals surface area contributed by atoms with Gasteiger partial charge in [-0.25, -0.2) is 0 Å². The molecule has 3 heteroatoms. The average molecular weight is 312 g/mol. The Morgan fingerprint density at radius 2 is 2.24 bits per heavy atom. The van der Waals surface area contributed by atoms with Crippen molar-refractivity contribution in [2.45, 2.75) is 17.2 Å². The van der Waals surface area contributed by atoms with Crippen molar-refractivity contribution in [2.75, 3.05) is 30.7 Å². The number of hydrogen-bond acceptors (Lipinski definition) is 2. The van der Waals surface area contributed by atoms with Crippen molar-refractivity contribution in [3.8, 4) is 0 Å². The van der Waals surface area contributed by atoms with Crippen LogP contribution in [0.2, 0.25) is 0 Å². The lowest BCUT2D eigenvalue weighted by atomic mass is 10.0. The van der Waals surface area contributed by atoms with Gasteiger partial charge in [0.05, 0.1) is 0 Å². The van der Waals surface area contributed by atoms with Gasteiger partial charge in [0.15, 0.2) is 0 Å². The van der Waals surface area contributed by atoms with Crippen molar-refractivity contribution in [2.24, 2.45) is 5.92 Å². The molecule has 0 radical (unpaired) electrons. The highest BCUT2D eigenvalue weighted by molar-refractivity contribution is 9.09. The van der Waals surface area contributed by atoms with Crippen LogP contribution in [0.1, 0.15) is 17.9 Å². The molecule has 1 fully saturated rings. The van der Waals surface area contributed by atoms with Gasteiger partial charge in [-0.1, -0.05) is 34.1 Å². The summed E-state index contributed by atoms with van der Waals surface area (Å²) in [5, 5.41) is 1.17.